The average molecular weight is 425 g/mol. The van der Waals surface area contributed by atoms with Gasteiger partial charge in [0.05, 0.1) is 0 Å². The van der Waals surface area contributed by atoms with Gasteiger partial charge >= 0.3 is 0 Å². The molecule has 0 heterocycles. The van der Waals surface area contributed by atoms with E-state index in [1.54, 1.807) is 11.8 Å². The minimum absolute atomic E-state index is 0.0552. The summed E-state index contributed by atoms with van der Waals surface area (Å²) in [7, 11) is 0. The summed E-state index contributed by atoms with van der Waals surface area (Å²) < 4.78 is 5.76. The molecule has 0 radical (unpaired) electrons. The summed E-state index contributed by atoms with van der Waals surface area (Å²) in [5, 5.41) is 2.92. The smallest absolute Gasteiger partial charge is 0.261 e. The summed E-state index contributed by atoms with van der Waals surface area (Å²) in [6, 6.07) is 16.9. The third kappa shape index (κ3) is 7.74. The number of hydrogen-bond donors (Lipinski definition) is 1. The Bertz CT molecular complexity index is 839. The van der Waals surface area contributed by atoms with Crippen LogP contribution in [0.4, 0.5) is 0 Å². The first-order valence-corrected chi connectivity index (χ1v) is 10.9. The molecule has 0 aromatic heterocycles. The van der Waals surface area contributed by atoms with Crippen molar-refractivity contribution in [1.29, 1.82) is 0 Å². The lowest BCUT2D eigenvalue weighted by Gasteiger charge is -2.29. The number of benzene rings is 2. The Morgan fingerprint density at radius 2 is 1.58 bits per heavy atom. The molecule has 0 aliphatic rings. The number of carbonyl (C=O) groups is 2. The van der Waals surface area contributed by atoms with Gasteiger partial charge in [-0.05, 0) is 41.5 Å². The van der Waals surface area contributed by atoms with E-state index in [-0.39, 0.29) is 23.8 Å². The Morgan fingerprint density at radius 3 is 2.13 bits per heavy atom. The highest BCUT2D eigenvalue weighted by Crippen LogP contribution is 2.24. The first-order chi connectivity index (χ1) is 14.6. The molecule has 0 saturated heterocycles. The Labute approximate surface area is 186 Å². The molecule has 0 unspecified atom stereocenters. The van der Waals surface area contributed by atoms with Crippen molar-refractivity contribution in [2.24, 2.45) is 5.92 Å². The van der Waals surface area contributed by atoms with E-state index in [0.717, 1.165) is 5.56 Å². The van der Waals surface area contributed by atoms with E-state index in [0.29, 0.717) is 24.8 Å². The quantitative estimate of drug-likeness (QED) is 0.642. The molecule has 0 aliphatic heterocycles. The lowest BCUT2D eigenvalue weighted by Crippen LogP contribution is -2.49. The van der Waals surface area contributed by atoms with E-state index >= 15 is 0 Å². The number of ether oxygens (including phenoxy) is 1. The van der Waals surface area contributed by atoms with Gasteiger partial charge in [0.1, 0.15) is 11.8 Å². The van der Waals surface area contributed by atoms with E-state index in [1.807, 2.05) is 68.4 Å². The van der Waals surface area contributed by atoms with Crippen LogP contribution in [-0.2, 0) is 21.5 Å². The maximum absolute atomic E-state index is 13.1. The molecule has 0 bridgehead atoms. The summed E-state index contributed by atoms with van der Waals surface area (Å²) in [6.07, 6.45) is 0. The second kappa shape index (κ2) is 11.0. The van der Waals surface area contributed by atoms with Gasteiger partial charge in [-0.3, -0.25) is 9.59 Å². The second-order valence-electron chi connectivity index (χ2n) is 9.39. The third-order valence-electron chi connectivity index (χ3n) is 5.13. The summed E-state index contributed by atoms with van der Waals surface area (Å²) >= 11 is 0. The Morgan fingerprint density at radius 1 is 0.968 bits per heavy atom. The van der Waals surface area contributed by atoms with Crippen LogP contribution in [-0.4, -0.2) is 35.9 Å². The van der Waals surface area contributed by atoms with Crippen LogP contribution in [0.1, 0.15) is 52.7 Å². The fourth-order valence-electron chi connectivity index (χ4n) is 3.09. The van der Waals surface area contributed by atoms with Crippen LogP contribution in [0.15, 0.2) is 54.6 Å². The van der Waals surface area contributed by atoms with Crippen LogP contribution in [0.3, 0.4) is 0 Å². The number of carbonyl (C=O) groups excluding carboxylic acids is 2. The minimum Gasteiger partial charge on any atom is -0.484 e. The zero-order valence-electron chi connectivity index (χ0n) is 19.6. The Hall–Kier alpha value is -2.82. The van der Waals surface area contributed by atoms with Crippen molar-refractivity contribution >= 4 is 11.8 Å². The molecule has 0 spiro atoms. The van der Waals surface area contributed by atoms with E-state index < -0.39 is 6.04 Å². The van der Waals surface area contributed by atoms with Gasteiger partial charge in [0.25, 0.3) is 5.91 Å². The van der Waals surface area contributed by atoms with Gasteiger partial charge in [0, 0.05) is 13.1 Å². The van der Waals surface area contributed by atoms with Crippen molar-refractivity contribution in [3.05, 3.63) is 65.7 Å². The number of nitrogens with zero attached hydrogens (tertiary/aromatic N) is 1. The molecule has 2 aromatic rings. The Kier molecular flexibility index (Phi) is 8.66. The summed E-state index contributed by atoms with van der Waals surface area (Å²) in [4.78, 5) is 27.3. The lowest BCUT2D eigenvalue weighted by atomic mass is 9.87. The molecule has 31 heavy (non-hydrogen) atoms. The van der Waals surface area contributed by atoms with E-state index in [1.165, 1.54) is 5.56 Å². The van der Waals surface area contributed by atoms with Gasteiger partial charge < -0.3 is 15.0 Å². The highest BCUT2D eigenvalue weighted by molar-refractivity contribution is 5.87. The zero-order chi connectivity index (χ0) is 23.0. The third-order valence-corrected chi connectivity index (χ3v) is 5.13. The molecular formula is C26H36N2O3. The van der Waals surface area contributed by atoms with Gasteiger partial charge in [-0.15, -0.1) is 0 Å². The predicted molar refractivity (Wildman–Crippen MR) is 125 cm³/mol. The van der Waals surface area contributed by atoms with Crippen molar-refractivity contribution in [3.8, 4) is 5.75 Å². The second-order valence-corrected chi connectivity index (χ2v) is 9.39. The zero-order valence-corrected chi connectivity index (χ0v) is 19.6. The number of nitrogens with one attached hydrogen (secondary N) is 1. The van der Waals surface area contributed by atoms with E-state index in [4.69, 9.17) is 4.74 Å². The molecule has 2 rings (SSSR count). The van der Waals surface area contributed by atoms with Crippen molar-refractivity contribution < 1.29 is 14.3 Å². The van der Waals surface area contributed by atoms with Gasteiger partial charge in [-0.25, -0.2) is 0 Å². The summed E-state index contributed by atoms with van der Waals surface area (Å²) in [5.41, 5.74) is 2.22. The molecule has 168 valence electrons. The lowest BCUT2D eigenvalue weighted by molar-refractivity contribution is -0.142. The molecule has 0 saturated carbocycles. The molecule has 5 nitrogen and oxygen atoms in total. The minimum atomic E-state index is -0.599. The highest BCUT2D eigenvalue weighted by Gasteiger charge is 2.26. The molecule has 2 amide bonds. The normalized spacial score (nSPS) is 12.4. The largest absolute Gasteiger partial charge is 0.484 e. The molecule has 0 fully saturated rings. The van der Waals surface area contributed by atoms with Crippen LogP contribution in [0.5, 0.6) is 5.75 Å². The Balaban J connectivity index is 2.09. The maximum Gasteiger partial charge on any atom is 0.261 e. The van der Waals surface area contributed by atoms with Crippen molar-refractivity contribution in [2.45, 2.75) is 59.5 Å². The molecule has 1 atom stereocenters. The van der Waals surface area contributed by atoms with Crippen LogP contribution in [0.2, 0.25) is 0 Å². The average Bonchev–Trinajstić information content (AvgIpc) is 2.74. The molecule has 2 aromatic carbocycles. The first-order valence-electron chi connectivity index (χ1n) is 10.9. The number of hydrogen-bond acceptors (Lipinski definition) is 3. The predicted octanol–water partition coefficient (Wildman–Crippen LogP) is 4.55. The van der Waals surface area contributed by atoms with Gasteiger partial charge in [-0.1, -0.05) is 77.1 Å². The molecule has 0 aliphatic carbocycles. The highest BCUT2D eigenvalue weighted by atomic mass is 16.5. The molecule has 1 N–H and O–H groups in total. The monoisotopic (exact) mass is 424 g/mol. The molecular weight excluding hydrogens is 388 g/mol. The van der Waals surface area contributed by atoms with Crippen LogP contribution in [0, 0.1) is 5.92 Å². The first kappa shape index (κ1) is 24.4. The van der Waals surface area contributed by atoms with E-state index in [2.05, 4.69) is 26.1 Å². The summed E-state index contributed by atoms with van der Waals surface area (Å²) in [5.74, 6) is 0.593. The topological polar surface area (TPSA) is 58.6 Å². The standard InChI is InChI=1S/C26H36N2O3/c1-19(2)16-27-25(30)20(3)28(17-21-10-8-7-9-11-21)24(29)18-31-23-14-12-22(13-15-23)26(4,5)6/h7-15,19-20H,16-18H2,1-6H3,(H,27,30)/t20-/m1/s1. The van der Waals surface area contributed by atoms with Gasteiger partial charge in [0.15, 0.2) is 6.61 Å². The van der Waals surface area contributed by atoms with Crippen molar-refractivity contribution in [1.82, 2.24) is 10.2 Å². The van der Waals surface area contributed by atoms with Gasteiger partial charge in [-0.2, -0.15) is 0 Å². The molecule has 5 heteroatoms. The van der Waals surface area contributed by atoms with E-state index in [9.17, 15) is 9.59 Å². The SMILES string of the molecule is CC(C)CNC(=O)[C@@H](C)N(Cc1ccccc1)C(=O)COc1ccc(C(C)(C)C)cc1. The van der Waals surface area contributed by atoms with Crippen molar-refractivity contribution in [3.63, 3.8) is 0 Å². The van der Waals surface area contributed by atoms with Crippen LogP contribution < -0.4 is 10.1 Å². The van der Waals surface area contributed by atoms with Gasteiger partial charge in [0.2, 0.25) is 5.91 Å². The maximum atomic E-state index is 13.1. The fraction of sp³-hybridized carbons (Fsp3) is 0.462. The van der Waals surface area contributed by atoms with Crippen molar-refractivity contribution in [2.75, 3.05) is 13.2 Å². The van der Waals surface area contributed by atoms with Crippen LogP contribution >= 0.6 is 0 Å². The fourth-order valence-corrected chi connectivity index (χ4v) is 3.09. The summed E-state index contributed by atoms with van der Waals surface area (Å²) in [6.45, 7) is 13.1. The number of amides is 2. The van der Waals surface area contributed by atoms with Crippen LogP contribution in [0.25, 0.3) is 0 Å². The number of rotatable bonds is 9.